The zero-order chi connectivity index (χ0) is 17.3. The highest BCUT2D eigenvalue weighted by molar-refractivity contribution is 6.76. The summed E-state index contributed by atoms with van der Waals surface area (Å²) in [5.74, 6) is -3.83. The number of piperidine rings is 1. The number of likely N-dealkylation sites (tertiary alicyclic amines) is 1. The number of carboxylic acids is 2. The summed E-state index contributed by atoms with van der Waals surface area (Å²) in [6.07, 6.45) is 1.63. The molecule has 0 aromatic heterocycles. The number of amides is 2. The number of nitrogens with zero attached hydrogens (tertiary/aromatic N) is 1. The molecule has 8 nitrogen and oxygen atoms in total. The van der Waals surface area contributed by atoms with Crippen LogP contribution in [0.5, 0.6) is 0 Å². The van der Waals surface area contributed by atoms with Gasteiger partial charge in [-0.25, -0.2) is 9.59 Å². The van der Waals surface area contributed by atoms with Crippen molar-refractivity contribution in [3.63, 3.8) is 0 Å². The highest BCUT2D eigenvalue weighted by Gasteiger charge is 2.25. The van der Waals surface area contributed by atoms with Crippen LogP contribution in [-0.4, -0.2) is 60.3 Å². The van der Waals surface area contributed by atoms with Gasteiger partial charge in [0.1, 0.15) is 6.73 Å². The summed E-state index contributed by atoms with van der Waals surface area (Å²) in [4.78, 5) is 42.3. The van der Waals surface area contributed by atoms with E-state index in [9.17, 15) is 9.59 Å². The maximum Gasteiger partial charge on any atom is 0.414 e. The van der Waals surface area contributed by atoms with Crippen LogP contribution in [0.3, 0.4) is 0 Å². The Bertz CT molecular complexity index is 403. The van der Waals surface area contributed by atoms with Crippen LogP contribution in [0.15, 0.2) is 0 Å². The van der Waals surface area contributed by atoms with Crippen molar-refractivity contribution in [2.45, 2.75) is 44.9 Å². The molecule has 1 rings (SSSR count). The largest absolute Gasteiger partial charge is 0.473 e. The van der Waals surface area contributed by atoms with Gasteiger partial charge in [-0.15, -0.1) is 0 Å². The van der Waals surface area contributed by atoms with Gasteiger partial charge in [0.25, 0.3) is 0 Å². The molecule has 1 fully saturated rings. The Morgan fingerprint density at radius 3 is 1.91 bits per heavy atom. The van der Waals surface area contributed by atoms with Crippen molar-refractivity contribution >= 4 is 31.8 Å². The molecule has 0 saturated carbocycles. The predicted molar refractivity (Wildman–Crippen MR) is 79.9 cm³/mol. The Labute approximate surface area is 130 Å². The van der Waals surface area contributed by atoms with E-state index in [1.54, 1.807) is 0 Å². The van der Waals surface area contributed by atoms with Crippen molar-refractivity contribution in [1.29, 1.82) is 0 Å². The van der Waals surface area contributed by atoms with Crippen molar-refractivity contribution in [2.75, 3.05) is 13.3 Å². The van der Waals surface area contributed by atoms with Gasteiger partial charge in [0.15, 0.2) is 0 Å². The molecule has 22 heavy (non-hydrogen) atoms. The maximum atomic E-state index is 11.4. The highest BCUT2D eigenvalue weighted by Crippen LogP contribution is 2.13. The van der Waals surface area contributed by atoms with Crippen LogP contribution >= 0.6 is 0 Å². The van der Waals surface area contributed by atoms with E-state index in [-0.39, 0.29) is 18.5 Å². The van der Waals surface area contributed by atoms with Crippen LogP contribution < -0.4 is 0 Å². The minimum atomic E-state index is -1.82. The van der Waals surface area contributed by atoms with Gasteiger partial charge in [-0.05, 0) is 12.5 Å². The Morgan fingerprint density at radius 1 is 1.09 bits per heavy atom. The number of aliphatic carboxylic acids is 2. The summed E-state index contributed by atoms with van der Waals surface area (Å²) in [5, 5.41) is 14.8. The maximum absolute atomic E-state index is 11.4. The van der Waals surface area contributed by atoms with Crippen LogP contribution in [0.4, 0.5) is 0 Å². The summed E-state index contributed by atoms with van der Waals surface area (Å²) < 4.78 is 5.41. The van der Waals surface area contributed by atoms with E-state index >= 15 is 0 Å². The highest BCUT2D eigenvalue weighted by atomic mass is 28.3. The summed E-state index contributed by atoms with van der Waals surface area (Å²) in [6.45, 7) is 7.60. The first-order valence-electron chi connectivity index (χ1n) is 6.92. The van der Waals surface area contributed by atoms with Crippen molar-refractivity contribution in [2.24, 2.45) is 0 Å². The molecule has 0 aliphatic carbocycles. The standard InChI is InChI=1S/C11H21NO3Si.C2H2O4/c1-16(2,3)8-7-15-9-12-10(13)5-4-6-11(12)14;3-1(4)2(5)6/h4-9H2,1-3H3;(H,3,4)(H,5,6). The third-order valence-corrected chi connectivity index (χ3v) is 4.49. The van der Waals surface area contributed by atoms with E-state index in [4.69, 9.17) is 24.5 Å². The molecule has 0 spiro atoms. The third-order valence-electron chi connectivity index (χ3n) is 2.78. The molecule has 1 saturated heterocycles. The number of carboxylic acid groups (broad SMARTS) is 2. The van der Waals surface area contributed by atoms with Crippen LogP contribution in [0.2, 0.25) is 25.7 Å². The molecule has 0 radical (unpaired) electrons. The lowest BCUT2D eigenvalue weighted by atomic mass is 10.1. The smallest absolute Gasteiger partial charge is 0.414 e. The predicted octanol–water partition coefficient (Wildman–Crippen LogP) is 0.993. The topological polar surface area (TPSA) is 121 Å². The second-order valence-electron chi connectivity index (χ2n) is 6.03. The summed E-state index contributed by atoms with van der Waals surface area (Å²) >= 11 is 0. The van der Waals surface area contributed by atoms with Crippen molar-refractivity contribution in [1.82, 2.24) is 4.90 Å². The van der Waals surface area contributed by atoms with Gasteiger partial charge >= 0.3 is 11.9 Å². The Hall–Kier alpha value is -1.74. The Kier molecular flexibility index (Phi) is 8.57. The average Bonchev–Trinajstić information content (AvgIpc) is 2.36. The summed E-state index contributed by atoms with van der Waals surface area (Å²) in [7, 11) is -1.09. The fraction of sp³-hybridized carbons (Fsp3) is 0.692. The summed E-state index contributed by atoms with van der Waals surface area (Å²) in [6, 6.07) is 1.06. The molecule has 1 aliphatic rings. The van der Waals surface area contributed by atoms with Crippen molar-refractivity contribution in [3.8, 4) is 0 Å². The van der Waals surface area contributed by atoms with Crippen LogP contribution in [-0.2, 0) is 23.9 Å². The lowest BCUT2D eigenvalue weighted by Crippen LogP contribution is -2.41. The van der Waals surface area contributed by atoms with Gasteiger partial charge in [0, 0.05) is 27.5 Å². The first kappa shape index (κ1) is 20.3. The second kappa shape index (κ2) is 9.31. The van der Waals surface area contributed by atoms with Gasteiger partial charge in [0.05, 0.1) is 0 Å². The van der Waals surface area contributed by atoms with Gasteiger partial charge < -0.3 is 14.9 Å². The van der Waals surface area contributed by atoms with Gasteiger partial charge in [-0.2, -0.15) is 0 Å². The Balaban J connectivity index is 0.000000626. The molecule has 1 heterocycles. The molecular weight excluding hydrogens is 310 g/mol. The molecule has 2 N–H and O–H groups in total. The number of hydrogen-bond acceptors (Lipinski definition) is 5. The monoisotopic (exact) mass is 333 g/mol. The van der Waals surface area contributed by atoms with Gasteiger partial charge in [-0.3, -0.25) is 14.5 Å². The number of ether oxygens (including phenoxy) is 1. The van der Waals surface area contributed by atoms with E-state index in [2.05, 4.69) is 19.6 Å². The average molecular weight is 333 g/mol. The van der Waals surface area contributed by atoms with E-state index in [0.29, 0.717) is 25.9 Å². The first-order chi connectivity index (χ1) is 10.0. The quantitative estimate of drug-likeness (QED) is 0.333. The van der Waals surface area contributed by atoms with Crippen molar-refractivity contribution in [3.05, 3.63) is 0 Å². The molecular formula is C13H23NO7Si. The normalized spacial score (nSPS) is 15.1. The SMILES string of the molecule is C[Si](C)(C)CCOCN1C(=O)CCCC1=O.O=C(O)C(=O)O. The molecule has 0 bridgehead atoms. The number of imide groups is 1. The lowest BCUT2D eigenvalue weighted by Gasteiger charge is -2.25. The minimum Gasteiger partial charge on any atom is -0.473 e. The zero-order valence-corrected chi connectivity index (χ0v) is 14.1. The molecule has 126 valence electrons. The molecule has 0 unspecified atom stereocenters. The van der Waals surface area contributed by atoms with Crippen LogP contribution in [0.25, 0.3) is 0 Å². The number of hydrogen-bond donors (Lipinski definition) is 2. The molecule has 1 aliphatic heterocycles. The van der Waals surface area contributed by atoms with E-state index < -0.39 is 20.0 Å². The van der Waals surface area contributed by atoms with Crippen LogP contribution in [0.1, 0.15) is 19.3 Å². The Morgan fingerprint density at radius 2 is 1.55 bits per heavy atom. The van der Waals surface area contributed by atoms with E-state index in [1.807, 2.05) is 0 Å². The molecule has 2 amide bonds. The molecule has 9 heteroatoms. The number of carbonyl (C=O) groups is 4. The lowest BCUT2D eigenvalue weighted by molar-refractivity contribution is -0.159. The third kappa shape index (κ3) is 9.24. The minimum absolute atomic E-state index is 0.0933. The van der Waals surface area contributed by atoms with E-state index in [0.717, 1.165) is 6.04 Å². The van der Waals surface area contributed by atoms with Crippen molar-refractivity contribution < 1.29 is 34.1 Å². The van der Waals surface area contributed by atoms with Crippen LogP contribution in [0, 0.1) is 0 Å². The van der Waals surface area contributed by atoms with Gasteiger partial charge in [0.2, 0.25) is 11.8 Å². The summed E-state index contributed by atoms with van der Waals surface area (Å²) in [5.41, 5.74) is 0. The first-order valence-corrected chi connectivity index (χ1v) is 10.6. The van der Waals surface area contributed by atoms with E-state index in [1.165, 1.54) is 4.90 Å². The molecule has 0 atom stereocenters. The second-order valence-corrected chi connectivity index (χ2v) is 11.6. The molecule has 0 aromatic carbocycles. The number of carbonyl (C=O) groups excluding carboxylic acids is 2. The zero-order valence-electron chi connectivity index (χ0n) is 13.1. The van der Waals surface area contributed by atoms with Gasteiger partial charge in [-0.1, -0.05) is 19.6 Å². The number of rotatable bonds is 5. The fourth-order valence-electron chi connectivity index (χ4n) is 1.48. The fourth-order valence-corrected chi connectivity index (χ4v) is 2.23. The molecule has 0 aromatic rings.